The number of benzene rings is 2. The lowest BCUT2D eigenvalue weighted by molar-refractivity contribution is -0.125. The van der Waals surface area contributed by atoms with Crippen LogP contribution in [0.2, 0.25) is 0 Å². The van der Waals surface area contributed by atoms with Crippen LogP contribution >= 0.6 is 0 Å². The van der Waals surface area contributed by atoms with Crippen LogP contribution in [0.4, 0.5) is 0 Å². The molecule has 2 aromatic carbocycles. The van der Waals surface area contributed by atoms with Gasteiger partial charge in [-0.15, -0.1) is 0 Å². The number of nitrogens with one attached hydrogen (secondary N) is 1. The van der Waals surface area contributed by atoms with Crippen molar-refractivity contribution in [1.82, 2.24) is 10.3 Å². The van der Waals surface area contributed by atoms with Crippen molar-refractivity contribution in [3.8, 4) is 11.3 Å². The van der Waals surface area contributed by atoms with Gasteiger partial charge >= 0.3 is 5.97 Å². The van der Waals surface area contributed by atoms with Crippen LogP contribution in [0.1, 0.15) is 40.4 Å². The lowest BCUT2D eigenvalue weighted by atomic mass is 9.88. The highest BCUT2D eigenvalue weighted by atomic mass is 16.5. The molecule has 1 N–H and O–H groups in total. The molecule has 1 aromatic heterocycles. The zero-order valence-corrected chi connectivity index (χ0v) is 15.3. The number of esters is 1. The van der Waals surface area contributed by atoms with Crippen LogP contribution in [0.5, 0.6) is 0 Å². The van der Waals surface area contributed by atoms with Crippen molar-refractivity contribution in [2.75, 3.05) is 6.61 Å². The molecule has 0 fully saturated rings. The average Bonchev–Trinajstić information content (AvgIpc) is 3.27. The maximum atomic E-state index is 12.3. The Morgan fingerprint density at radius 1 is 1.14 bits per heavy atom. The van der Waals surface area contributed by atoms with Gasteiger partial charge in [-0.3, -0.25) is 4.79 Å². The molecule has 3 aromatic rings. The van der Waals surface area contributed by atoms with Gasteiger partial charge in [-0.2, -0.15) is 0 Å². The topological polar surface area (TPSA) is 81.4 Å². The molecule has 6 heteroatoms. The van der Waals surface area contributed by atoms with Crippen LogP contribution in [0.3, 0.4) is 0 Å². The second-order valence-electron chi connectivity index (χ2n) is 6.73. The van der Waals surface area contributed by atoms with Crippen molar-refractivity contribution >= 4 is 11.9 Å². The minimum Gasteiger partial charge on any atom is -0.452 e. The van der Waals surface area contributed by atoms with Crippen LogP contribution < -0.4 is 5.32 Å². The Morgan fingerprint density at radius 3 is 2.75 bits per heavy atom. The molecular weight excluding hydrogens is 356 g/mol. The Morgan fingerprint density at radius 2 is 1.96 bits per heavy atom. The summed E-state index contributed by atoms with van der Waals surface area (Å²) >= 11 is 0. The van der Waals surface area contributed by atoms with Gasteiger partial charge in [-0.25, -0.2) is 9.78 Å². The number of hydrogen-bond acceptors (Lipinski definition) is 5. The van der Waals surface area contributed by atoms with Crippen LogP contribution in [0.25, 0.3) is 11.3 Å². The summed E-state index contributed by atoms with van der Waals surface area (Å²) in [7, 11) is 0. The molecule has 0 spiro atoms. The van der Waals surface area contributed by atoms with Crippen molar-refractivity contribution in [2.24, 2.45) is 0 Å². The number of fused-ring (bicyclic) bond motifs is 1. The molecule has 0 aliphatic heterocycles. The molecule has 142 valence electrons. The van der Waals surface area contributed by atoms with Crippen LogP contribution in [-0.4, -0.2) is 23.5 Å². The van der Waals surface area contributed by atoms with E-state index < -0.39 is 5.97 Å². The minimum atomic E-state index is -0.539. The molecular formula is C22H20N2O4. The second kappa shape index (κ2) is 8.08. The van der Waals surface area contributed by atoms with E-state index in [2.05, 4.69) is 16.4 Å². The number of rotatable bonds is 5. The number of aromatic nitrogens is 1. The molecule has 4 rings (SSSR count). The Balaban J connectivity index is 1.32. The number of hydrogen-bond donors (Lipinski definition) is 1. The second-order valence-corrected chi connectivity index (χ2v) is 6.73. The Bertz CT molecular complexity index is 964. The number of amides is 1. The normalized spacial score (nSPS) is 15.5. The van der Waals surface area contributed by atoms with Gasteiger partial charge in [0.1, 0.15) is 0 Å². The van der Waals surface area contributed by atoms with Gasteiger partial charge in [0.05, 0.1) is 17.8 Å². The predicted molar refractivity (Wildman–Crippen MR) is 102 cm³/mol. The lowest BCUT2D eigenvalue weighted by Gasteiger charge is -2.26. The highest BCUT2D eigenvalue weighted by Crippen LogP contribution is 2.29. The highest BCUT2D eigenvalue weighted by molar-refractivity contribution is 5.91. The molecule has 28 heavy (non-hydrogen) atoms. The average molecular weight is 376 g/mol. The molecule has 1 atom stereocenters. The smallest absolute Gasteiger partial charge is 0.338 e. The van der Waals surface area contributed by atoms with Crippen LogP contribution in [0.15, 0.2) is 65.5 Å². The summed E-state index contributed by atoms with van der Waals surface area (Å²) in [4.78, 5) is 28.3. The van der Waals surface area contributed by atoms with E-state index >= 15 is 0 Å². The number of ether oxygens (including phenoxy) is 1. The number of nitrogens with zero attached hydrogens (tertiary/aromatic N) is 1. The fourth-order valence-corrected chi connectivity index (χ4v) is 3.48. The standard InChI is InChI=1S/C22H20N2O4/c25-21(24-19-7-3-5-15-4-1-2-6-18(15)19)13-27-22(26)17-10-8-16(9-11-17)20-12-23-14-28-20/h1-2,4,6,8-12,14,19H,3,5,7,13H2,(H,24,25). The van der Waals surface area contributed by atoms with Crippen molar-refractivity contribution in [3.63, 3.8) is 0 Å². The van der Waals surface area contributed by atoms with Crippen LogP contribution in [0, 0.1) is 0 Å². The lowest BCUT2D eigenvalue weighted by Crippen LogP contribution is -2.34. The fourth-order valence-electron chi connectivity index (χ4n) is 3.48. The van der Waals surface area contributed by atoms with Gasteiger partial charge in [0.25, 0.3) is 5.91 Å². The molecule has 1 amide bonds. The van der Waals surface area contributed by atoms with E-state index in [-0.39, 0.29) is 18.6 Å². The first-order valence-corrected chi connectivity index (χ1v) is 9.24. The Kier molecular flexibility index (Phi) is 5.19. The maximum Gasteiger partial charge on any atom is 0.338 e. The quantitative estimate of drug-likeness (QED) is 0.687. The molecule has 6 nitrogen and oxygen atoms in total. The minimum absolute atomic E-state index is 0.0302. The number of oxazole rings is 1. The molecule has 1 aliphatic carbocycles. The van der Waals surface area contributed by atoms with Gasteiger partial charge in [-0.1, -0.05) is 36.4 Å². The first-order chi connectivity index (χ1) is 13.7. The summed E-state index contributed by atoms with van der Waals surface area (Å²) in [6.45, 7) is -0.304. The molecule has 0 bridgehead atoms. The van der Waals surface area contributed by atoms with Gasteiger partial charge in [0, 0.05) is 5.56 Å². The molecule has 1 aliphatic rings. The Labute approximate surface area is 162 Å². The van der Waals surface area contributed by atoms with E-state index in [0.29, 0.717) is 11.3 Å². The number of carbonyl (C=O) groups excluding carboxylic acids is 2. The van der Waals surface area contributed by atoms with Crippen molar-refractivity contribution in [1.29, 1.82) is 0 Å². The van der Waals surface area contributed by atoms with E-state index in [0.717, 1.165) is 30.4 Å². The third-order valence-corrected chi connectivity index (χ3v) is 4.88. The monoisotopic (exact) mass is 376 g/mol. The summed E-state index contributed by atoms with van der Waals surface area (Å²) in [5.74, 6) is -0.219. The largest absolute Gasteiger partial charge is 0.452 e. The van der Waals surface area contributed by atoms with Crippen LogP contribution in [-0.2, 0) is 16.0 Å². The van der Waals surface area contributed by atoms with Gasteiger partial charge in [0.2, 0.25) is 0 Å². The van der Waals surface area contributed by atoms with E-state index in [1.54, 1.807) is 30.5 Å². The van der Waals surface area contributed by atoms with Crippen molar-refractivity contribution < 1.29 is 18.7 Å². The predicted octanol–water partition coefficient (Wildman–Crippen LogP) is 3.69. The van der Waals surface area contributed by atoms with E-state index in [1.165, 1.54) is 12.0 Å². The molecule has 1 heterocycles. The van der Waals surface area contributed by atoms with E-state index in [9.17, 15) is 9.59 Å². The van der Waals surface area contributed by atoms with Crippen molar-refractivity contribution in [3.05, 3.63) is 77.8 Å². The molecule has 0 saturated heterocycles. The van der Waals surface area contributed by atoms with E-state index in [1.807, 2.05) is 18.2 Å². The van der Waals surface area contributed by atoms with Gasteiger partial charge < -0.3 is 14.5 Å². The summed E-state index contributed by atoms with van der Waals surface area (Å²) in [6.07, 6.45) is 5.89. The number of aryl methyl sites for hydroxylation is 1. The first-order valence-electron chi connectivity index (χ1n) is 9.24. The maximum absolute atomic E-state index is 12.3. The van der Waals surface area contributed by atoms with E-state index in [4.69, 9.17) is 9.15 Å². The highest BCUT2D eigenvalue weighted by Gasteiger charge is 2.22. The first kappa shape index (κ1) is 18.0. The van der Waals surface area contributed by atoms with Crippen molar-refractivity contribution in [2.45, 2.75) is 25.3 Å². The fraction of sp³-hybridized carbons (Fsp3) is 0.227. The summed E-state index contributed by atoms with van der Waals surface area (Å²) in [6, 6.07) is 14.9. The third kappa shape index (κ3) is 3.96. The van der Waals surface area contributed by atoms with Gasteiger partial charge in [0.15, 0.2) is 18.8 Å². The molecule has 0 radical (unpaired) electrons. The Hall–Kier alpha value is -3.41. The zero-order chi connectivity index (χ0) is 19.3. The summed E-state index contributed by atoms with van der Waals surface area (Å²) < 4.78 is 10.4. The summed E-state index contributed by atoms with van der Waals surface area (Å²) in [5.41, 5.74) is 3.60. The zero-order valence-electron chi connectivity index (χ0n) is 15.3. The molecule has 0 saturated carbocycles. The summed E-state index contributed by atoms with van der Waals surface area (Å²) in [5, 5.41) is 2.97. The number of carbonyl (C=O) groups is 2. The third-order valence-electron chi connectivity index (χ3n) is 4.88. The molecule has 1 unspecified atom stereocenters. The van der Waals surface area contributed by atoms with Gasteiger partial charge in [-0.05, 0) is 42.5 Å². The SMILES string of the molecule is O=C(COC(=O)c1ccc(-c2cnco2)cc1)NC1CCCc2ccccc21.